The number of methoxy groups -OCH3 is 2. The Kier molecular flexibility index (Phi) is 6.30. The van der Waals surface area contributed by atoms with Crippen LogP contribution in [0.5, 0.6) is 11.5 Å². The van der Waals surface area contributed by atoms with Gasteiger partial charge in [0.05, 0.1) is 43.0 Å². The Hall–Kier alpha value is -4.57. The number of carbonyl (C=O) groups is 2. The summed E-state index contributed by atoms with van der Waals surface area (Å²) in [6, 6.07) is 18.1. The fraction of sp³-hybridized carbons (Fsp3) is 0.179. The lowest BCUT2D eigenvalue weighted by Crippen LogP contribution is -2.29. The largest absolute Gasteiger partial charge is 0.507 e. The summed E-state index contributed by atoms with van der Waals surface area (Å²) in [5, 5.41) is 20.7. The molecule has 1 amide bonds. The quantitative estimate of drug-likeness (QED) is 0.327. The van der Waals surface area contributed by atoms with Crippen molar-refractivity contribution >= 4 is 23.1 Å². The normalized spacial score (nSPS) is 16.8. The third-order valence-electron chi connectivity index (χ3n) is 6.03. The Bertz CT molecular complexity index is 1400. The first kappa shape index (κ1) is 23.6. The number of nitriles is 1. The van der Waals surface area contributed by atoms with Gasteiger partial charge in [0.15, 0.2) is 0 Å². The summed E-state index contributed by atoms with van der Waals surface area (Å²) in [5.41, 5.74) is 3.25. The van der Waals surface area contributed by atoms with Gasteiger partial charge in [-0.05, 0) is 61.4 Å². The van der Waals surface area contributed by atoms with E-state index in [1.54, 1.807) is 54.6 Å². The van der Waals surface area contributed by atoms with Gasteiger partial charge in [-0.2, -0.15) is 5.26 Å². The molecule has 0 radical (unpaired) electrons. The Labute approximate surface area is 203 Å². The van der Waals surface area contributed by atoms with E-state index in [1.165, 1.54) is 19.1 Å². The van der Waals surface area contributed by atoms with E-state index in [1.807, 2.05) is 26.0 Å². The van der Waals surface area contributed by atoms with Gasteiger partial charge in [-0.25, -0.2) is 0 Å². The fourth-order valence-corrected chi connectivity index (χ4v) is 4.53. The lowest BCUT2D eigenvalue weighted by Gasteiger charge is -2.27. The maximum Gasteiger partial charge on any atom is 0.300 e. The standard InChI is InChI=1S/C28H24N2O5/c1-16-13-17(2)27(35-4)21(14-16)25(31)23-24(20-7-5-6-8-22(20)34-3)30(28(33)26(23)32)19-11-9-18(15-29)10-12-19/h5-14,24,31H,1-4H3/b25-23+. The molecule has 0 spiro atoms. The first-order chi connectivity index (χ1) is 16.8. The number of ketones is 1. The molecule has 1 atom stereocenters. The predicted molar refractivity (Wildman–Crippen MR) is 131 cm³/mol. The number of para-hydroxylation sites is 1. The summed E-state index contributed by atoms with van der Waals surface area (Å²) in [5.74, 6) is -1.09. The van der Waals surface area contributed by atoms with Crippen LogP contribution in [0.15, 0.2) is 66.2 Å². The summed E-state index contributed by atoms with van der Waals surface area (Å²) in [4.78, 5) is 28.1. The molecule has 1 fully saturated rings. The van der Waals surface area contributed by atoms with Crippen LogP contribution in [0.1, 0.15) is 33.9 Å². The van der Waals surface area contributed by atoms with Gasteiger partial charge in [-0.3, -0.25) is 14.5 Å². The first-order valence-electron chi connectivity index (χ1n) is 10.9. The number of rotatable bonds is 5. The van der Waals surface area contributed by atoms with Crippen molar-refractivity contribution in [1.29, 1.82) is 5.26 Å². The molecule has 1 saturated heterocycles. The van der Waals surface area contributed by atoms with Gasteiger partial charge in [0.25, 0.3) is 11.7 Å². The van der Waals surface area contributed by atoms with Gasteiger partial charge in [-0.1, -0.05) is 24.3 Å². The Balaban J connectivity index is 2.03. The van der Waals surface area contributed by atoms with E-state index in [2.05, 4.69) is 0 Å². The number of amides is 1. The zero-order valence-electron chi connectivity index (χ0n) is 19.8. The zero-order valence-corrected chi connectivity index (χ0v) is 19.8. The number of hydrogen-bond donors (Lipinski definition) is 1. The van der Waals surface area contributed by atoms with Crippen LogP contribution in [0.25, 0.3) is 5.76 Å². The third-order valence-corrected chi connectivity index (χ3v) is 6.03. The smallest absolute Gasteiger partial charge is 0.300 e. The molecule has 0 aromatic heterocycles. The molecule has 4 rings (SSSR count). The maximum atomic E-state index is 13.4. The highest BCUT2D eigenvalue weighted by Gasteiger charge is 2.48. The third kappa shape index (κ3) is 4.00. The van der Waals surface area contributed by atoms with Crippen molar-refractivity contribution in [2.75, 3.05) is 19.1 Å². The van der Waals surface area contributed by atoms with Gasteiger partial charge in [0, 0.05) is 11.3 Å². The van der Waals surface area contributed by atoms with Crippen LogP contribution in [0.4, 0.5) is 5.69 Å². The summed E-state index contributed by atoms with van der Waals surface area (Å²) >= 11 is 0. The molecule has 35 heavy (non-hydrogen) atoms. The van der Waals surface area contributed by atoms with Crippen LogP contribution in [0, 0.1) is 25.2 Å². The lowest BCUT2D eigenvalue weighted by molar-refractivity contribution is -0.132. The number of nitrogens with zero attached hydrogens (tertiary/aromatic N) is 2. The molecule has 1 unspecified atom stereocenters. The number of aliphatic hydroxyl groups excluding tert-OH is 1. The van der Waals surface area contributed by atoms with E-state index in [0.717, 1.165) is 11.1 Å². The summed E-state index contributed by atoms with van der Waals surface area (Å²) in [6.07, 6.45) is 0. The van der Waals surface area contributed by atoms with E-state index < -0.39 is 17.7 Å². The number of aryl methyl sites for hydroxylation is 2. The summed E-state index contributed by atoms with van der Waals surface area (Å²) in [7, 11) is 2.99. The monoisotopic (exact) mass is 468 g/mol. The zero-order chi connectivity index (χ0) is 25.3. The number of hydrogen-bond acceptors (Lipinski definition) is 6. The average molecular weight is 469 g/mol. The minimum absolute atomic E-state index is 0.0767. The van der Waals surface area contributed by atoms with E-state index in [4.69, 9.17) is 14.7 Å². The average Bonchev–Trinajstić information content (AvgIpc) is 3.13. The molecule has 176 valence electrons. The molecule has 7 nitrogen and oxygen atoms in total. The second kappa shape index (κ2) is 9.35. The predicted octanol–water partition coefficient (Wildman–Crippen LogP) is 4.82. The lowest BCUT2D eigenvalue weighted by atomic mass is 9.93. The van der Waals surface area contributed by atoms with Crippen LogP contribution in [-0.2, 0) is 9.59 Å². The molecule has 1 aliphatic rings. The van der Waals surface area contributed by atoms with Gasteiger partial charge in [0.2, 0.25) is 0 Å². The van der Waals surface area contributed by atoms with Crippen LogP contribution in [0.2, 0.25) is 0 Å². The highest BCUT2D eigenvalue weighted by molar-refractivity contribution is 6.51. The van der Waals surface area contributed by atoms with E-state index >= 15 is 0 Å². The second-order valence-corrected chi connectivity index (χ2v) is 8.23. The number of anilines is 1. The highest BCUT2D eigenvalue weighted by Crippen LogP contribution is 2.46. The van der Waals surface area contributed by atoms with Crippen molar-refractivity contribution in [3.8, 4) is 17.6 Å². The van der Waals surface area contributed by atoms with Crippen molar-refractivity contribution < 1.29 is 24.2 Å². The summed E-state index contributed by atoms with van der Waals surface area (Å²) < 4.78 is 11.1. The Morgan fingerprint density at radius 2 is 1.69 bits per heavy atom. The van der Waals surface area contributed by atoms with Crippen molar-refractivity contribution in [2.45, 2.75) is 19.9 Å². The Morgan fingerprint density at radius 3 is 2.31 bits per heavy atom. The number of Topliss-reactive ketones (excluding diaryl/α,β-unsaturated/α-hetero) is 1. The highest BCUT2D eigenvalue weighted by atomic mass is 16.5. The molecular weight excluding hydrogens is 444 g/mol. The fourth-order valence-electron chi connectivity index (χ4n) is 4.53. The minimum Gasteiger partial charge on any atom is -0.507 e. The van der Waals surface area contributed by atoms with Gasteiger partial charge < -0.3 is 14.6 Å². The van der Waals surface area contributed by atoms with Crippen LogP contribution < -0.4 is 14.4 Å². The van der Waals surface area contributed by atoms with Crippen molar-refractivity contribution in [3.05, 3.63) is 94.1 Å². The Morgan fingerprint density at radius 1 is 1.00 bits per heavy atom. The molecule has 3 aromatic carbocycles. The number of benzene rings is 3. The van der Waals surface area contributed by atoms with E-state index in [9.17, 15) is 14.7 Å². The topological polar surface area (TPSA) is 99.9 Å². The number of ether oxygens (including phenoxy) is 2. The molecule has 0 bridgehead atoms. The molecule has 1 heterocycles. The van der Waals surface area contributed by atoms with Crippen molar-refractivity contribution in [1.82, 2.24) is 0 Å². The van der Waals surface area contributed by atoms with Crippen LogP contribution >= 0.6 is 0 Å². The van der Waals surface area contributed by atoms with Gasteiger partial charge >= 0.3 is 0 Å². The van der Waals surface area contributed by atoms with Crippen molar-refractivity contribution in [3.63, 3.8) is 0 Å². The van der Waals surface area contributed by atoms with Crippen LogP contribution in [0.3, 0.4) is 0 Å². The second-order valence-electron chi connectivity index (χ2n) is 8.23. The molecule has 7 heteroatoms. The molecule has 0 saturated carbocycles. The minimum atomic E-state index is -0.968. The number of aliphatic hydroxyl groups is 1. The van der Waals surface area contributed by atoms with E-state index in [-0.39, 0.29) is 11.3 Å². The van der Waals surface area contributed by atoms with E-state index in [0.29, 0.717) is 33.9 Å². The summed E-state index contributed by atoms with van der Waals surface area (Å²) in [6.45, 7) is 3.71. The van der Waals surface area contributed by atoms with Gasteiger partial charge in [0.1, 0.15) is 17.3 Å². The van der Waals surface area contributed by atoms with Crippen LogP contribution in [-0.4, -0.2) is 31.0 Å². The molecule has 1 aliphatic heterocycles. The van der Waals surface area contributed by atoms with Crippen molar-refractivity contribution in [2.24, 2.45) is 0 Å². The first-order valence-corrected chi connectivity index (χ1v) is 10.9. The molecular formula is C28H24N2O5. The maximum absolute atomic E-state index is 13.4. The molecule has 0 aliphatic carbocycles. The SMILES string of the molecule is COc1ccccc1C1/C(=C(\O)c2cc(C)cc(C)c2OC)C(=O)C(=O)N1c1ccc(C#N)cc1. The molecule has 1 N–H and O–H groups in total. The molecule has 3 aromatic rings. The van der Waals surface area contributed by atoms with Gasteiger partial charge in [-0.15, -0.1) is 0 Å². The number of carbonyl (C=O) groups excluding carboxylic acids is 2.